The molecule has 0 bridgehead atoms. The molecule has 2 rings (SSSR count). The van der Waals surface area contributed by atoms with Crippen molar-refractivity contribution in [1.29, 1.82) is 0 Å². The summed E-state index contributed by atoms with van der Waals surface area (Å²) in [6, 6.07) is 5.20. The third-order valence-electron chi connectivity index (χ3n) is 2.54. The highest BCUT2D eigenvalue weighted by Crippen LogP contribution is 2.26. The van der Waals surface area contributed by atoms with E-state index in [1.807, 2.05) is 0 Å². The van der Waals surface area contributed by atoms with E-state index in [9.17, 15) is 4.79 Å². The van der Waals surface area contributed by atoms with Crippen LogP contribution in [0.25, 0.3) is 0 Å². The normalized spacial score (nSPS) is 22.8. The van der Waals surface area contributed by atoms with E-state index < -0.39 is 11.6 Å². The molecule has 1 aliphatic heterocycles. The second-order valence-corrected chi connectivity index (χ2v) is 3.91. The SMILES string of the molecule is COc1cccc(C2=NOC(C)(C(=O)O)C2)n1. The van der Waals surface area contributed by atoms with Crippen LogP contribution in [0.4, 0.5) is 0 Å². The van der Waals surface area contributed by atoms with Crippen molar-refractivity contribution in [3.63, 3.8) is 0 Å². The van der Waals surface area contributed by atoms with Crippen LogP contribution >= 0.6 is 0 Å². The molecule has 1 aliphatic rings. The molecule has 1 aromatic heterocycles. The molecule has 6 nitrogen and oxygen atoms in total. The van der Waals surface area contributed by atoms with Crippen molar-refractivity contribution in [3.8, 4) is 5.88 Å². The second kappa shape index (κ2) is 4.04. The maximum absolute atomic E-state index is 11.0. The molecule has 17 heavy (non-hydrogen) atoms. The standard InChI is InChI=1S/C11H12N2O4/c1-11(10(14)15)6-8(13-17-11)7-4-3-5-9(12-7)16-2/h3-5H,6H2,1-2H3,(H,14,15). The summed E-state index contributed by atoms with van der Waals surface area (Å²) in [4.78, 5) is 20.1. The fourth-order valence-electron chi connectivity index (χ4n) is 1.48. The fraction of sp³-hybridized carbons (Fsp3) is 0.364. The molecule has 0 radical (unpaired) electrons. The van der Waals surface area contributed by atoms with Gasteiger partial charge < -0.3 is 14.7 Å². The third kappa shape index (κ3) is 2.06. The van der Waals surface area contributed by atoms with E-state index in [-0.39, 0.29) is 6.42 Å². The number of carbonyl (C=O) groups is 1. The van der Waals surface area contributed by atoms with Gasteiger partial charge >= 0.3 is 5.97 Å². The number of carboxylic acids is 1. The van der Waals surface area contributed by atoms with Gasteiger partial charge in [0.15, 0.2) is 0 Å². The van der Waals surface area contributed by atoms with Crippen LogP contribution in [-0.2, 0) is 9.63 Å². The zero-order chi connectivity index (χ0) is 12.5. The predicted octanol–water partition coefficient (Wildman–Crippen LogP) is 1.06. The third-order valence-corrected chi connectivity index (χ3v) is 2.54. The van der Waals surface area contributed by atoms with Crippen LogP contribution in [0.15, 0.2) is 23.4 Å². The maximum Gasteiger partial charge on any atom is 0.351 e. The first-order valence-corrected chi connectivity index (χ1v) is 5.05. The Labute approximate surface area is 97.9 Å². The summed E-state index contributed by atoms with van der Waals surface area (Å²) >= 11 is 0. The number of carboxylic acid groups (broad SMARTS) is 1. The van der Waals surface area contributed by atoms with Crippen molar-refractivity contribution in [2.24, 2.45) is 5.16 Å². The molecule has 0 amide bonds. The van der Waals surface area contributed by atoms with Crippen LogP contribution in [0.3, 0.4) is 0 Å². The Morgan fingerprint density at radius 3 is 2.94 bits per heavy atom. The van der Waals surface area contributed by atoms with Crippen LogP contribution in [0.1, 0.15) is 19.0 Å². The molecule has 0 spiro atoms. The number of aliphatic carboxylic acids is 1. The molecular weight excluding hydrogens is 224 g/mol. The summed E-state index contributed by atoms with van der Waals surface area (Å²) in [5, 5.41) is 12.8. The van der Waals surface area contributed by atoms with Gasteiger partial charge in [-0.3, -0.25) is 0 Å². The van der Waals surface area contributed by atoms with Gasteiger partial charge in [-0.2, -0.15) is 0 Å². The Kier molecular flexibility index (Phi) is 2.71. The van der Waals surface area contributed by atoms with E-state index in [0.717, 1.165) is 0 Å². The molecule has 1 atom stereocenters. The molecule has 0 saturated carbocycles. The second-order valence-electron chi connectivity index (χ2n) is 3.91. The van der Waals surface area contributed by atoms with Crippen LogP contribution < -0.4 is 4.74 Å². The van der Waals surface area contributed by atoms with Crippen molar-refractivity contribution >= 4 is 11.7 Å². The number of rotatable bonds is 3. The first-order chi connectivity index (χ1) is 8.05. The molecule has 0 aromatic carbocycles. The average molecular weight is 236 g/mol. The lowest BCUT2D eigenvalue weighted by molar-refractivity contribution is -0.160. The van der Waals surface area contributed by atoms with Crippen molar-refractivity contribution in [2.45, 2.75) is 18.9 Å². The summed E-state index contributed by atoms with van der Waals surface area (Å²) < 4.78 is 4.99. The summed E-state index contributed by atoms with van der Waals surface area (Å²) in [6.07, 6.45) is 0.183. The van der Waals surface area contributed by atoms with E-state index in [4.69, 9.17) is 14.7 Å². The predicted molar refractivity (Wildman–Crippen MR) is 59.1 cm³/mol. The lowest BCUT2D eigenvalue weighted by Gasteiger charge is -2.14. The first kappa shape index (κ1) is 11.4. The van der Waals surface area contributed by atoms with Gasteiger partial charge in [-0.25, -0.2) is 9.78 Å². The molecule has 1 N–H and O–H groups in total. The largest absolute Gasteiger partial charge is 0.481 e. The number of hydrogen-bond acceptors (Lipinski definition) is 5. The Morgan fingerprint density at radius 1 is 1.59 bits per heavy atom. The molecule has 1 aromatic rings. The van der Waals surface area contributed by atoms with Crippen molar-refractivity contribution in [1.82, 2.24) is 4.98 Å². The Balaban J connectivity index is 2.23. The number of pyridine rings is 1. The molecule has 0 aliphatic carbocycles. The zero-order valence-electron chi connectivity index (χ0n) is 9.51. The van der Waals surface area contributed by atoms with Crippen LogP contribution in [-0.4, -0.2) is 34.5 Å². The number of ether oxygens (including phenoxy) is 1. The Morgan fingerprint density at radius 2 is 2.35 bits per heavy atom. The molecule has 1 unspecified atom stereocenters. The zero-order valence-corrected chi connectivity index (χ0v) is 9.51. The van der Waals surface area contributed by atoms with E-state index in [1.54, 1.807) is 18.2 Å². The summed E-state index contributed by atoms with van der Waals surface area (Å²) in [5.74, 6) is -0.590. The topological polar surface area (TPSA) is 81.0 Å². The molecule has 90 valence electrons. The van der Waals surface area contributed by atoms with Crippen molar-refractivity contribution < 1.29 is 19.5 Å². The van der Waals surface area contributed by atoms with Crippen LogP contribution in [0.5, 0.6) is 5.88 Å². The lowest BCUT2D eigenvalue weighted by atomic mass is 9.98. The number of oxime groups is 1. The van der Waals surface area contributed by atoms with Crippen molar-refractivity contribution in [3.05, 3.63) is 23.9 Å². The molecule has 6 heteroatoms. The van der Waals surface area contributed by atoms with E-state index in [0.29, 0.717) is 17.3 Å². The Bertz CT molecular complexity index is 486. The molecule has 0 saturated heterocycles. The van der Waals surface area contributed by atoms with Gasteiger partial charge in [0.05, 0.1) is 12.8 Å². The van der Waals surface area contributed by atoms with Crippen molar-refractivity contribution in [2.75, 3.05) is 7.11 Å². The van der Waals surface area contributed by atoms with Crippen LogP contribution in [0.2, 0.25) is 0 Å². The first-order valence-electron chi connectivity index (χ1n) is 5.05. The quantitative estimate of drug-likeness (QED) is 0.848. The number of hydrogen-bond donors (Lipinski definition) is 1. The maximum atomic E-state index is 11.0. The van der Waals surface area contributed by atoms with Gasteiger partial charge in [0, 0.05) is 12.5 Å². The summed E-state index contributed by atoms with van der Waals surface area (Å²) in [7, 11) is 1.51. The average Bonchev–Trinajstić information content (AvgIpc) is 2.74. The highest BCUT2D eigenvalue weighted by atomic mass is 16.7. The van der Waals surface area contributed by atoms with Crippen LogP contribution in [0, 0.1) is 0 Å². The Hall–Kier alpha value is -2.11. The smallest absolute Gasteiger partial charge is 0.351 e. The monoisotopic (exact) mass is 236 g/mol. The number of aromatic nitrogens is 1. The number of methoxy groups -OCH3 is 1. The fourth-order valence-corrected chi connectivity index (χ4v) is 1.48. The van der Waals surface area contributed by atoms with Gasteiger partial charge in [0.25, 0.3) is 0 Å². The minimum absolute atomic E-state index is 0.183. The van der Waals surface area contributed by atoms with Gasteiger partial charge in [0.1, 0.15) is 5.71 Å². The van der Waals surface area contributed by atoms with Gasteiger partial charge in [-0.05, 0) is 13.0 Å². The van der Waals surface area contributed by atoms with E-state index in [1.165, 1.54) is 14.0 Å². The summed E-state index contributed by atoms with van der Waals surface area (Å²) in [6.45, 7) is 1.48. The molecule has 2 heterocycles. The highest BCUT2D eigenvalue weighted by Gasteiger charge is 2.42. The van der Waals surface area contributed by atoms with E-state index >= 15 is 0 Å². The van der Waals surface area contributed by atoms with Gasteiger partial charge in [-0.15, -0.1) is 0 Å². The highest BCUT2D eigenvalue weighted by molar-refractivity contribution is 6.03. The van der Waals surface area contributed by atoms with E-state index in [2.05, 4.69) is 10.1 Å². The minimum atomic E-state index is -1.31. The number of nitrogens with zero attached hydrogens (tertiary/aromatic N) is 2. The van der Waals surface area contributed by atoms with Gasteiger partial charge in [0.2, 0.25) is 11.5 Å². The van der Waals surface area contributed by atoms with Gasteiger partial charge in [-0.1, -0.05) is 11.2 Å². The lowest BCUT2D eigenvalue weighted by Crippen LogP contribution is -2.35. The summed E-state index contributed by atoms with van der Waals surface area (Å²) in [5.41, 5.74) is -0.233. The molecule has 0 fully saturated rings. The molecular formula is C11H12N2O4. The minimum Gasteiger partial charge on any atom is -0.481 e.